The summed E-state index contributed by atoms with van der Waals surface area (Å²) < 4.78 is 0. The van der Waals surface area contributed by atoms with Gasteiger partial charge in [0.25, 0.3) is 5.91 Å². The average molecular weight is 314 g/mol. The molecule has 1 aliphatic carbocycles. The Morgan fingerprint density at radius 3 is 2.48 bits per heavy atom. The SMILES string of the molecule is CC(C)CC(=O)N1CCC2(CC1)CC2NC(=O)c1ccccc1. The summed E-state index contributed by atoms with van der Waals surface area (Å²) in [6, 6.07) is 9.65. The number of hydrogen-bond donors (Lipinski definition) is 1. The molecule has 2 fully saturated rings. The van der Waals surface area contributed by atoms with E-state index in [1.165, 1.54) is 0 Å². The number of likely N-dealkylation sites (tertiary alicyclic amines) is 1. The van der Waals surface area contributed by atoms with E-state index >= 15 is 0 Å². The third kappa shape index (κ3) is 3.57. The zero-order valence-corrected chi connectivity index (χ0v) is 14.0. The number of piperidine rings is 1. The molecule has 1 atom stereocenters. The largest absolute Gasteiger partial charge is 0.349 e. The summed E-state index contributed by atoms with van der Waals surface area (Å²) in [5.41, 5.74) is 0.957. The molecule has 1 heterocycles. The summed E-state index contributed by atoms with van der Waals surface area (Å²) in [5.74, 6) is 0.711. The molecule has 1 aliphatic heterocycles. The fraction of sp³-hybridized carbons (Fsp3) is 0.579. The third-order valence-electron chi connectivity index (χ3n) is 5.23. The van der Waals surface area contributed by atoms with Crippen LogP contribution >= 0.6 is 0 Å². The van der Waals surface area contributed by atoms with Gasteiger partial charge in [0.2, 0.25) is 5.91 Å². The predicted octanol–water partition coefficient (Wildman–Crippen LogP) is 2.84. The minimum absolute atomic E-state index is 0.0192. The van der Waals surface area contributed by atoms with Gasteiger partial charge in [0.15, 0.2) is 0 Å². The Hall–Kier alpha value is -1.84. The van der Waals surface area contributed by atoms with Gasteiger partial charge in [-0.2, -0.15) is 0 Å². The van der Waals surface area contributed by atoms with E-state index in [1.54, 1.807) is 0 Å². The molecular formula is C19H26N2O2. The van der Waals surface area contributed by atoms with Crippen LogP contribution in [0.4, 0.5) is 0 Å². The number of rotatable bonds is 4. The van der Waals surface area contributed by atoms with Crippen LogP contribution < -0.4 is 5.32 Å². The van der Waals surface area contributed by atoms with E-state index in [9.17, 15) is 9.59 Å². The quantitative estimate of drug-likeness (QED) is 0.929. The number of nitrogens with zero attached hydrogens (tertiary/aromatic N) is 1. The van der Waals surface area contributed by atoms with Crippen molar-refractivity contribution in [1.29, 1.82) is 0 Å². The Balaban J connectivity index is 1.49. The van der Waals surface area contributed by atoms with Gasteiger partial charge in [-0.05, 0) is 42.7 Å². The average Bonchev–Trinajstić information content (AvgIpc) is 3.19. The second-order valence-corrected chi connectivity index (χ2v) is 7.44. The van der Waals surface area contributed by atoms with Crippen molar-refractivity contribution in [1.82, 2.24) is 10.2 Å². The van der Waals surface area contributed by atoms with Gasteiger partial charge in [0, 0.05) is 31.1 Å². The molecule has 1 N–H and O–H groups in total. The molecule has 0 bridgehead atoms. The van der Waals surface area contributed by atoms with Gasteiger partial charge in [-0.25, -0.2) is 0 Å². The molecule has 1 aromatic carbocycles. The van der Waals surface area contributed by atoms with Crippen molar-refractivity contribution in [2.75, 3.05) is 13.1 Å². The lowest BCUT2D eigenvalue weighted by Gasteiger charge is -2.33. The smallest absolute Gasteiger partial charge is 0.251 e. The van der Waals surface area contributed by atoms with Gasteiger partial charge < -0.3 is 10.2 Å². The second kappa shape index (κ2) is 6.34. The molecule has 4 nitrogen and oxygen atoms in total. The molecule has 1 spiro atoms. The first-order valence-electron chi connectivity index (χ1n) is 8.64. The van der Waals surface area contributed by atoms with E-state index in [2.05, 4.69) is 19.2 Å². The molecular weight excluding hydrogens is 288 g/mol. The van der Waals surface area contributed by atoms with Crippen molar-refractivity contribution in [2.24, 2.45) is 11.3 Å². The molecule has 2 amide bonds. The van der Waals surface area contributed by atoms with Crippen molar-refractivity contribution in [2.45, 2.75) is 45.6 Å². The monoisotopic (exact) mass is 314 g/mol. The maximum absolute atomic E-state index is 12.2. The Kier molecular flexibility index (Phi) is 4.42. The van der Waals surface area contributed by atoms with Crippen LogP contribution in [0.2, 0.25) is 0 Å². The molecule has 1 unspecified atom stereocenters. The van der Waals surface area contributed by atoms with Crippen LogP contribution in [-0.4, -0.2) is 35.8 Å². The van der Waals surface area contributed by atoms with E-state index in [0.717, 1.165) is 37.9 Å². The van der Waals surface area contributed by atoms with Gasteiger partial charge in [-0.3, -0.25) is 9.59 Å². The van der Waals surface area contributed by atoms with Gasteiger partial charge in [-0.1, -0.05) is 32.0 Å². The van der Waals surface area contributed by atoms with E-state index in [0.29, 0.717) is 12.3 Å². The van der Waals surface area contributed by atoms with Crippen LogP contribution in [-0.2, 0) is 4.79 Å². The van der Waals surface area contributed by atoms with E-state index in [4.69, 9.17) is 0 Å². The molecule has 1 saturated heterocycles. The van der Waals surface area contributed by atoms with Gasteiger partial charge in [0.1, 0.15) is 0 Å². The minimum Gasteiger partial charge on any atom is -0.349 e. The van der Waals surface area contributed by atoms with Crippen molar-refractivity contribution in [3.63, 3.8) is 0 Å². The summed E-state index contributed by atoms with van der Waals surface area (Å²) in [7, 11) is 0. The molecule has 124 valence electrons. The Bertz CT molecular complexity index is 574. The Morgan fingerprint density at radius 2 is 1.87 bits per heavy atom. The summed E-state index contributed by atoms with van der Waals surface area (Å²) in [6.07, 6.45) is 3.71. The van der Waals surface area contributed by atoms with Crippen LogP contribution in [0, 0.1) is 11.3 Å². The molecule has 1 saturated carbocycles. The van der Waals surface area contributed by atoms with Crippen LogP contribution in [0.1, 0.15) is 49.9 Å². The van der Waals surface area contributed by atoms with Crippen molar-refractivity contribution >= 4 is 11.8 Å². The lowest BCUT2D eigenvalue weighted by Crippen LogP contribution is -2.42. The first kappa shape index (κ1) is 16.0. The lowest BCUT2D eigenvalue weighted by atomic mass is 9.92. The van der Waals surface area contributed by atoms with Crippen molar-refractivity contribution < 1.29 is 9.59 Å². The zero-order valence-electron chi connectivity index (χ0n) is 14.0. The third-order valence-corrected chi connectivity index (χ3v) is 5.23. The minimum atomic E-state index is 0.0192. The maximum Gasteiger partial charge on any atom is 0.251 e. The Labute approximate surface area is 138 Å². The topological polar surface area (TPSA) is 49.4 Å². The highest BCUT2D eigenvalue weighted by Gasteiger charge is 2.55. The summed E-state index contributed by atoms with van der Waals surface area (Å²) in [5, 5.41) is 3.16. The molecule has 0 aromatic heterocycles. The molecule has 23 heavy (non-hydrogen) atoms. The van der Waals surface area contributed by atoms with Crippen LogP contribution in [0.5, 0.6) is 0 Å². The zero-order chi connectivity index (χ0) is 16.4. The lowest BCUT2D eigenvalue weighted by molar-refractivity contribution is -0.133. The highest BCUT2D eigenvalue weighted by Crippen LogP contribution is 2.54. The predicted molar refractivity (Wildman–Crippen MR) is 90.0 cm³/mol. The van der Waals surface area contributed by atoms with Gasteiger partial charge in [-0.15, -0.1) is 0 Å². The highest BCUT2D eigenvalue weighted by molar-refractivity contribution is 5.94. The van der Waals surface area contributed by atoms with E-state index in [1.807, 2.05) is 35.2 Å². The fourth-order valence-electron chi connectivity index (χ4n) is 3.62. The standard InChI is InChI=1S/C19H26N2O2/c1-14(2)12-17(22)21-10-8-19(9-11-21)13-16(19)20-18(23)15-6-4-3-5-7-15/h3-7,14,16H,8-13H2,1-2H3,(H,20,23). The normalized spacial score (nSPS) is 22.2. The second-order valence-electron chi connectivity index (χ2n) is 7.44. The molecule has 2 aliphatic rings. The molecule has 4 heteroatoms. The van der Waals surface area contributed by atoms with Crippen LogP contribution in [0.25, 0.3) is 0 Å². The fourth-order valence-corrected chi connectivity index (χ4v) is 3.62. The van der Waals surface area contributed by atoms with E-state index < -0.39 is 0 Å². The number of carbonyl (C=O) groups excluding carboxylic acids is 2. The van der Waals surface area contributed by atoms with Crippen molar-refractivity contribution in [3.8, 4) is 0 Å². The van der Waals surface area contributed by atoms with Gasteiger partial charge >= 0.3 is 0 Å². The van der Waals surface area contributed by atoms with E-state index in [-0.39, 0.29) is 23.3 Å². The van der Waals surface area contributed by atoms with Crippen LogP contribution in [0.15, 0.2) is 30.3 Å². The first-order chi connectivity index (χ1) is 11.0. The summed E-state index contributed by atoms with van der Waals surface area (Å²) in [6.45, 7) is 5.84. The van der Waals surface area contributed by atoms with Gasteiger partial charge in [0.05, 0.1) is 0 Å². The number of carbonyl (C=O) groups is 2. The maximum atomic E-state index is 12.2. The highest BCUT2D eigenvalue weighted by atomic mass is 16.2. The molecule has 0 radical (unpaired) electrons. The van der Waals surface area contributed by atoms with Crippen molar-refractivity contribution in [3.05, 3.63) is 35.9 Å². The summed E-state index contributed by atoms with van der Waals surface area (Å²) >= 11 is 0. The molecule has 3 rings (SSSR count). The first-order valence-corrected chi connectivity index (χ1v) is 8.64. The number of benzene rings is 1. The summed E-state index contributed by atoms with van der Waals surface area (Å²) in [4.78, 5) is 26.4. The Morgan fingerprint density at radius 1 is 1.22 bits per heavy atom. The number of hydrogen-bond acceptors (Lipinski definition) is 2. The number of nitrogens with one attached hydrogen (secondary N) is 1. The number of amides is 2. The molecule has 1 aromatic rings. The van der Waals surface area contributed by atoms with Crippen LogP contribution in [0.3, 0.4) is 0 Å².